The Balaban J connectivity index is 1.65. The molecule has 2 aromatic rings. The third kappa shape index (κ3) is 4.01. The van der Waals surface area contributed by atoms with Crippen molar-refractivity contribution in [2.75, 3.05) is 29.6 Å². The average molecular weight is 325 g/mol. The van der Waals surface area contributed by atoms with Crippen LogP contribution in [0, 0.1) is 0 Å². The maximum Gasteiger partial charge on any atom is 0.274 e. The molecule has 1 aliphatic carbocycles. The summed E-state index contributed by atoms with van der Waals surface area (Å²) < 4.78 is 0. The predicted octanol–water partition coefficient (Wildman–Crippen LogP) is 3.15. The zero-order valence-electron chi connectivity index (χ0n) is 14.1. The molecule has 3 rings (SSSR count). The smallest absolute Gasteiger partial charge is 0.274 e. The number of nitrogens with one attached hydrogen (secondary N) is 2. The minimum Gasteiger partial charge on any atom is -0.378 e. The van der Waals surface area contributed by atoms with Crippen molar-refractivity contribution in [1.29, 1.82) is 0 Å². The fourth-order valence-corrected chi connectivity index (χ4v) is 2.88. The van der Waals surface area contributed by atoms with Gasteiger partial charge in [-0.3, -0.25) is 4.79 Å². The molecule has 6 nitrogen and oxygen atoms in total. The number of rotatable bonds is 5. The van der Waals surface area contributed by atoms with Crippen LogP contribution in [0.2, 0.25) is 0 Å². The van der Waals surface area contributed by atoms with E-state index in [0.717, 1.165) is 24.2 Å². The van der Waals surface area contributed by atoms with Crippen LogP contribution in [0.15, 0.2) is 36.7 Å². The number of benzene rings is 1. The Kier molecular flexibility index (Phi) is 4.93. The number of amides is 1. The first-order valence-corrected chi connectivity index (χ1v) is 8.29. The zero-order valence-corrected chi connectivity index (χ0v) is 14.1. The number of carbonyl (C=O) groups excluding carboxylic acids is 1. The maximum absolute atomic E-state index is 12.4. The van der Waals surface area contributed by atoms with Gasteiger partial charge in [0, 0.05) is 37.6 Å². The summed E-state index contributed by atoms with van der Waals surface area (Å²) in [5.41, 5.74) is 2.19. The lowest BCUT2D eigenvalue weighted by Crippen LogP contribution is -2.18. The lowest BCUT2D eigenvalue weighted by molar-refractivity contribution is 0.102. The summed E-state index contributed by atoms with van der Waals surface area (Å²) in [7, 11) is 3.96. The molecule has 0 spiro atoms. The van der Waals surface area contributed by atoms with Gasteiger partial charge in [-0.15, -0.1) is 0 Å². The Hall–Kier alpha value is -2.63. The van der Waals surface area contributed by atoms with Crippen molar-refractivity contribution >= 4 is 23.1 Å². The highest BCUT2D eigenvalue weighted by Gasteiger charge is 2.16. The summed E-state index contributed by atoms with van der Waals surface area (Å²) in [4.78, 5) is 22.7. The van der Waals surface area contributed by atoms with Gasteiger partial charge in [-0.1, -0.05) is 12.8 Å². The molecule has 126 valence electrons. The summed E-state index contributed by atoms with van der Waals surface area (Å²) >= 11 is 0. The molecule has 1 amide bonds. The quantitative estimate of drug-likeness (QED) is 0.884. The molecule has 0 unspecified atom stereocenters. The van der Waals surface area contributed by atoms with Crippen LogP contribution in [0.25, 0.3) is 0 Å². The van der Waals surface area contributed by atoms with E-state index < -0.39 is 0 Å². The standard InChI is InChI=1S/C18H23N5O/c1-23(2)15-9-7-14(8-10-15)22-18(24)16-11-17(20-12-19-16)21-13-5-3-4-6-13/h7-13H,3-6H2,1-2H3,(H,22,24)(H,19,20,21). The number of carbonyl (C=O) groups is 1. The summed E-state index contributed by atoms with van der Waals surface area (Å²) in [5.74, 6) is 0.481. The third-order valence-corrected chi connectivity index (χ3v) is 4.25. The van der Waals surface area contributed by atoms with Crippen molar-refractivity contribution in [1.82, 2.24) is 9.97 Å². The van der Waals surface area contributed by atoms with E-state index in [1.165, 1.54) is 19.2 Å². The summed E-state index contributed by atoms with van der Waals surface area (Å²) in [6.45, 7) is 0. The molecule has 1 saturated carbocycles. The van der Waals surface area contributed by atoms with Gasteiger partial charge in [0.2, 0.25) is 0 Å². The second-order valence-electron chi connectivity index (χ2n) is 6.31. The zero-order chi connectivity index (χ0) is 16.9. The van der Waals surface area contributed by atoms with Crippen LogP contribution < -0.4 is 15.5 Å². The average Bonchev–Trinajstić information content (AvgIpc) is 3.08. The molecule has 0 radical (unpaired) electrons. The van der Waals surface area contributed by atoms with E-state index in [9.17, 15) is 4.79 Å². The molecular formula is C18H23N5O. The Morgan fingerprint density at radius 3 is 2.50 bits per heavy atom. The van der Waals surface area contributed by atoms with Gasteiger partial charge in [0.1, 0.15) is 17.8 Å². The highest BCUT2D eigenvalue weighted by molar-refractivity contribution is 6.03. The van der Waals surface area contributed by atoms with Crippen molar-refractivity contribution in [2.24, 2.45) is 0 Å². The summed E-state index contributed by atoms with van der Waals surface area (Å²) in [6.07, 6.45) is 6.24. The van der Waals surface area contributed by atoms with Gasteiger partial charge in [0.05, 0.1) is 0 Å². The lowest BCUT2D eigenvalue weighted by Gasteiger charge is -2.14. The normalized spacial score (nSPS) is 14.4. The lowest BCUT2D eigenvalue weighted by atomic mass is 10.2. The first-order valence-electron chi connectivity index (χ1n) is 8.29. The number of hydrogen-bond donors (Lipinski definition) is 2. The molecule has 2 N–H and O–H groups in total. The van der Waals surface area contributed by atoms with Crippen molar-refractivity contribution in [2.45, 2.75) is 31.7 Å². The monoisotopic (exact) mass is 325 g/mol. The summed E-state index contributed by atoms with van der Waals surface area (Å²) in [5, 5.41) is 6.25. The highest BCUT2D eigenvalue weighted by atomic mass is 16.1. The second kappa shape index (κ2) is 7.29. The van der Waals surface area contributed by atoms with Crippen LogP contribution in [0.4, 0.5) is 17.2 Å². The topological polar surface area (TPSA) is 70.2 Å². The van der Waals surface area contributed by atoms with Gasteiger partial charge in [0.25, 0.3) is 5.91 Å². The largest absolute Gasteiger partial charge is 0.378 e. The Morgan fingerprint density at radius 1 is 1.12 bits per heavy atom. The second-order valence-corrected chi connectivity index (χ2v) is 6.31. The van der Waals surface area contributed by atoms with Crippen LogP contribution >= 0.6 is 0 Å². The Bertz CT molecular complexity index is 693. The molecular weight excluding hydrogens is 302 g/mol. The maximum atomic E-state index is 12.4. The van der Waals surface area contributed by atoms with Gasteiger partial charge in [-0.05, 0) is 37.1 Å². The SMILES string of the molecule is CN(C)c1ccc(NC(=O)c2cc(NC3CCCC3)ncn2)cc1. The van der Waals surface area contributed by atoms with Crippen molar-refractivity contribution in [3.05, 3.63) is 42.4 Å². The Labute approximate surface area is 142 Å². The van der Waals surface area contributed by atoms with Gasteiger partial charge >= 0.3 is 0 Å². The first kappa shape index (κ1) is 16.2. The van der Waals surface area contributed by atoms with Crippen LogP contribution in [-0.4, -0.2) is 36.0 Å². The van der Waals surface area contributed by atoms with Crippen LogP contribution in [0.5, 0.6) is 0 Å². The van der Waals surface area contributed by atoms with E-state index in [1.807, 2.05) is 43.3 Å². The molecule has 1 aromatic carbocycles. The van der Waals surface area contributed by atoms with Crippen LogP contribution in [0.1, 0.15) is 36.2 Å². The number of hydrogen-bond acceptors (Lipinski definition) is 5. The molecule has 1 aromatic heterocycles. The molecule has 24 heavy (non-hydrogen) atoms. The molecule has 0 atom stereocenters. The van der Waals surface area contributed by atoms with Crippen molar-refractivity contribution < 1.29 is 4.79 Å². The van der Waals surface area contributed by atoms with Gasteiger partial charge < -0.3 is 15.5 Å². The minimum atomic E-state index is -0.232. The predicted molar refractivity (Wildman–Crippen MR) is 96.6 cm³/mol. The molecule has 1 fully saturated rings. The fourth-order valence-electron chi connectivity index (χ4n) is 2.88. The van der Waals surface area contributed by atoms with Gasteiger partial charge in [0.15, 0.2) is 0 Å². The number of aromatic nitrogens is 2. The molecule has 1 heterocycles. The third-order valence-electron chi connectivity index (χ3n) is 4.25. The van der Waals surface area contributed by atoms with E-state index in [-0.39, 0.29) is 5.91 Å². The van der Waals surface area contributed by atoms with Crippen LogP contribution in [-0.2, 0) is 0 Å². The molecule has 0 bridgehead atoms. The number of anilines is 3. The van der Waals surface area contributed by atoms with E-state index >= 15 is 0 Å². The van der Waals surface area contributed by atoms with Gasteiger partial charge in [-0.2, -0.15) is 0 Å². The molecule has 0 aliphatic heterocycles. The first-order chi connectivity index (χ1) is 11.6. The summed E-state index contributed by atoms with van der Waals surface area (Å²) in [6, 6.07) is 9.85. The highest BCUT2D eigenvalue weighted by Crippen LogP contribution is 2.21. The van der Waals surface area contributed by atoms with E-state index in [4.69, 9.17) is 0 Å². The van der Waals surface area contributed by atoms with E-state index in [0.29, 0.717) is 17.6 Å². The minimum absolute atomic E-state index is 0.232. The number of nitrogens with zero attached hydrogens (tertiary/aromatic N) is 3. The van der Waals surface area contributed by atoms with E-state index in [1.54, 1.807) is 6.07 Å². The Morgan fingerprint density at radius 2 is 1.83 bits per heavy atom. The van der Waals surface area contributed by atoms with Gasteiger partial charge in [-0.25, -0.2) is 9.97 Å². The fraction of sp³-hybridized carbons (Fsp3) is 0.389. The van der Waals surface area contributed by atoms with Crippen molar-refractivity contribution in [3.63, 3.8) is 0 Å². The molecule has 6 heteroatoms. The van der Waals surface area contributed by atoms with E-state index in [2.05, 4.69) is 20.6 Å². The molecule has 1 aliphatic rings. The van der Waals surface area contributed by atoms with Crippen molar-refractivity contribution in [3.8, 4) is 0 Å². The molecule has 0 saturated heterocycles. The van der Waals surface area contributed by atoms with Crippen LogP contribution in [0.3, 0.4) is 0 Å².